The van der Waals surface area contributed by atoms with E-state index in [0.717, 1.165) is 30.9 Å². The first-order valence-electron chi connectivity index (χ1n) is 8.11. The minimum Gasteiger partial charge on any atom is -0.338 e. The number of carbonyl (C=O) groups is 1. The summed E-state index contributed by atoms with van der Waals surface area (Å²) in [5, 5.41) is 4.52. The number of rotatable bonds is 3. The zero-order valence-corrected chi connectivity index (χ0v) is 16.0. The molecule has 0 saturated carbocycles. The van der Waals surface area contributed by atoms with Gasteiger partial charge < -0.3 is 10.2 Å². The Bertz CT molecular complexity index is 855. The Hall–Kier alpha value is -1.14. The molecule has 4 rings (SSSR count). The van der Waals surface area contributed by atoms with E-state index in [1.165, 1.54) is 25.9 Å². The van der Waals surface area contributed by atoms with Crippen molar-refractivity contribution in [2.75, 3.05) is 26.7 Å². The number of halogens is 1. The molecule has 0 spiro atoms. The third-order valence-corrected chi connectivity index (χ3v) is 6.96. The van der Waals surface area contributed by atoms with Crippen LogP contribution < -0.4 is 5.32 Å². The lowest BCUT2D eigenvalue weighted by Crippen LogP contribution is -2.42. The Kier molecular flexibility index (Phi) is 5.45. The molecule has 0 bridgehead atoms. The van der Waals surface area contributed by atoms with Gasteiger partial charge in [0.2, 0.25) is 0 Å². The van der Waals surface area contributed by atoms with Gasteiger partial charge in [-0.1, -0.05) is 18.2 Å². The fraction of sp³-hybridized carbons (Fsp3) is 0.389. The fourth-order valence-electron chi connectivity index (χ4n) is 3.47. The van der Waals surface area contributed by atoms with Gasteiger partial charge in [-0.15, -0.1) is 35.1 Å². The number of fused-ring (bicyclic) bond motifs is 3. The molecule has 0 aliphatic carbocycles. The molecule has 3 aromatic rings. The van der Waals surface area contributed by atoms with E-state index in [1.807, 2.05) is 11.9 Å². The molecule has 1 unspecified atom stereocenters. The van der Waals surface area contributed by atoms with Crippen molar-refractivity contribution in [3.05, 3.63) is 35.2 Å². The molecule has 1 fully saturated rings. The highest BCUT2D eigenvalue weighted by molar-refractivity contribution is 7.33. The summed E-state index contributed by atoms with van der Waals surface area (Å²) in [5.74, 6) is 0.794. The molecule has 3 nitrogen and oxygen atoms in total. The molecule has 24 heavy (non-hydrogen) atoms. The van der Waals surface area contributed by atoms with Gasteiger partial charge in [-0.25, -0.2) is 0 Å². The van der Waals surface area contributed by atoms with Crippen LogP contribution in [0.25, 0.3) is 19.5 Å². The van der Waals surface area contributed by atoms with Gasteiger partial charge in [0.05, 0.1) is 9.58 Å². The third kappa shape index (κ3) is 3.18. The molecular formula is C18H21ClN2OS2. The zero-order chi connectivity index (χ0) is 15.8. The van der Waals surface area contributed by atoms with Crippen LogP contribution in [0.3, 0.4) is 0 Å². The first-order valence-corrected chi connectivity index (χ1v) is 9.74. The van der Waals surface area contributed by atoms with E-state index in [0.29, 0.717) is 5.92 Å². The number of hydrogen-bond donors (Lipinski definition) is 1. The van der Waals surface area contributed by atoms with Crippen LogP contribution >= 0.6 is 35.1 Å². The summed E-state index contributed by atoms with van der Waals surface area (Å²) in [4.78, 5) is 15.8. The molecule has 6 heteroatoms. The maximum atomic E-state index is 12.9. The molecule has 1 amide bonds. The molecule has 1 aliphatic heterocycles. The van der Waals surface area contributed by atoms with Gasteiger partial charge in [0.15, 0.2) is 0 Å². The summed E-state index contributed by atoms with van der Waals surface area (Å²) >= 11 is 3.44. The molecule has 1 atom stereocenters. The normalized spacial score (nSPS) is 18.0. The maximum Gasteiger partial charge on any atom is 0.264 e. The second kappa shape index (κ2) is 7.40. The number of likely N-dealkylation sites (tertiary alicyclic amines) is 1. The SMILES string of the molecule is CNCC1CCCN(C(=O)c2cc3sc4ccccc4c3s2)C1.Cl. The monoisotopic (exact) mass is 380 g/mol. The summed E-state index contributed by atoms with van der Waals surface area (Å²) in [6, 6.07) is 10.5. The van der Waals surface area contributed by atoms with Gasteiger partial charge in [0.1, 0.15) is 0 Å². The van der Waals surface area contributed by atoms with Gasteiger partial charge in [-0.05, 0) is 44.5 Å². The second-order valence-corrected chi connectivity index (χ2v) is 8.36. The molecular weight excluding hydrogens is 360 g/mol. The van der Waals surface area contributed by atoms with Crippen molar-refractivity contribution in [3.63, 3.8) is 0 Å². The van der Waals surface area contributed by atoms with Crippen LogP contribution in [0.2, 0.25) is 0 Å². The Morgan fingerprint density at radius 3 is 2.96 bits per heavy atom. The van der Waals surface area contributed by atoms with Crippen LogP contribution in [-0.4, -0.2) is 37.5 Å². The van der Waals surface area contributed by atoms with E-state index in [1.54, 1.807) is 22.7 Å². The van der Waals surface area contributed by atoms with Gasteiger partial charge in [0, 0.05) is 27.9 Å². The molecule has 1 N–H and O–H groups in total. The van der Waals surface area contributed by atoms with Gasteiger partial charge in [-0.2, -0.15) is 0 Å². The molecule has 0 radical (unpaired) electrons. The van der Waals surface area contributed by atoms with Crippen LogP contribution in [0.15, 0.2) is 30.3 Å². The van der Waals surface area contributed by atoms with E-state index < -0.39 is 0 Å². The highest BCUT2D eigenvalue weighted by Gasteiger charge is 2.25. The lowest BCUT2D eigenvalue weighted by Gasteiger charge is -2.32. The highest BCUT2D eigenvalue weighted by Crippen LogP contribution is 2.39. The van der Waals surface area contributed by atoms with Crippen LogP contribution in [-0.2, 0) is 0 Å². The topological polar surface area (TPSA) is 32.3 Å². The van der Waals surface area contributed by atoms with E-state index >= 15 is 0 Å². The Balaban J connectivity index is 0.00000169. The lowest BCUT2D eigenvalue weighted by molar-refractivity contribution is 0.0679. The summed E-state index contributed by atoms with van der Waals surface area (Å²) in [5.41, 5.74) is 0. The van der Waals surface area contributed by atoms with E-state index in [4.69, 9.17) is 0 Å². The largest absolute Gasteiger partial charge is 0.338 e. The predicted molar refractivity (Wildman–Crippen MR) is 107 cm³/mol. The zero-order valence-electron chi connectivity index (χ0n) is 13.6. The van der Waals surface area contributed by atoms with Crippen molar-refractivity contribution >= 4 is 60.5 Å². The molecule has 1 saturated heterocycles. The quantitative estimate of drug-likeness (QED) is 0.719. The van der Waals surface area contributed by atoms with Crippen LogP contribution in [0.4, 0.5) is 0 Å². The number of carbonyl (C=O) groups excluding carboxylic acids is 1. The number of nitrogens with one attached hydrogen (secondary N) is 1. The summed E-state index contributed by atoms with van der Waals surface area (Å²) in [6.45, 7) is 2.77. The summed E-state index contributed by atoms with van der Waals surface area (Å²) < 4.78 is 3.81. The smallest absolute Gasteiger partial charge is 0.264 e. The van der Waals surface area contributed by atoms with Crippen molar-refractivity contribution < 1.29 is 4.79 Å². The standard InChI is InChI=1S/C18H20N2OS2.ClH/c1-19-10-12-5-4-8-20(11-12)18(21)16-9-15-17(23-16)13-6-2-3-7-14(13)22-15;/h2-3,6-7,9,12,19H,4-5,8,10-11H2,1H3;1H. The average Bonchev–Trinajstić information content (AvgIpc) is 3.12. The van der Waals surface area contributed by atoms with Crippen molar-refractivity contribution in [2.45, 2.75) is 12.8 Å². The maximum absolute atomic E-state index is 12.9. The van der Waals surface area contributed by atoms with E-state index in [2.05, 4.69) is 35.6 Å². The number of benzene rings is 1. The van der Waals surface area contributed by atoms with Crippen molar-refractivity contribution in [3.8, 4) is 0 Å². The molecule has 3 heterocycles. The van der Waals surface area contributed by atoms with E-state index in [-0.39, 0.29) is 18.3 Å². The number of hydrogen-bond acceptors (Lipinski definition) is 4. The summed E-state index contributed by atoms with van der Waals surface area (Å²) in [6.07, 6.45) is 2.33. The van der Waals surface area contributed by atoms with Crippen LogP contribution in [0, 0.1) is 5.92 Å². The minimum atomic E-state index is 0. The minimum absolute atomic E-state index is 0. The van der Waals surface area contributed by atoms with Gasteiger partial charge >= 0.3 is 0 Å². The first kappa shape index (κ1) is 17.7. The third-order valence-electron chi connectivity index (χ3n) is 4.56. The molecule has 1 aliphatic rings. The van der Waals surface area contributed by atoms with E-state index in [9.17, 15) is 4.79 Å². The molecule has 128 valence electrons. The number of piperidine rings is 1. The average molecular weight is 381 g/mol. The number of thiophene rings is 2. The van der Waals surface area contributed by atoms with Crippen molar-refractivity contribution in [1.29, 1.82) is 0 Å². The lowest BCUT2D eigenvalue weighted by atomic mass is 9.98. The Morgan fingerprint density at radius 2 is 2.12 bits per heavy atom. The first-order chi connectivity index (χ1) is 11.3. The van der Waals surface area contributed by atoms with Crippen LogP contribution in [0.1, 0.15) is 22.5 Å². The van der Waals surface area contributed by atoms with Crippen LogP contribution in [0.5, 0.6) is 0 Å². The molecule has 2 aromatic heterocycles. The molecule has 1 aromatic carbocycles. The fourth-order valence-corrected chi connectivity index (χ4v) is 5.96. The van der Waals surface area contributed by atoms with Gasteiger partial charge in [0.25, 0.3) is 5.91 Å². The Morgan fingerprint density at radius 1 is 1.29 bits per heavy atom. The van der Waals surface area contributed by atoms with Crippen molar-refractivity contribution in [1.82, 2.24) is 10.2 Å². The number of nitrogens with zero attached hydrogens (tertiary/aromatic N) is 1. The highest BCUT2D eigenvalue weighted by atomic mass is 35.5. The summed E-state index contributed by atoms with van der Waals surface area (Å²) in [7, 11) is 1.99. The second-order valence-electron chi connectivity index (χ2n) is 6.22. The number of amides is 1. The Labute approximate surface area is 156 Å². The van der Waals surface area contributed by atoms with Crippen molar-refractivity contribution in [2.24, 2.45) is 5.92 Å². The predicted octanol–water partition coefficient (Wildman–Crippen LogP) is 4.61. The van der Waals surface area contributed by atoms with Gasteiger partial charge in [-0.3, -0.25) is 4.79 Å².